The zero-order chi connectivity index (χ0) is 22.1. The molecule has 5 nitrogen and oxygen atoms in total. The van der Waals surface area contributed by atoms with E-state index in [-0.39, 0.29) is 5.82 Å². The van der Waals surface area contributed by atoms with E-state index in [0.29, 0.717) is 21.6 Å². The first kappa shape index (κ1) is 21.1. The molecule has 0 spiro atoms. The smallest absolute Gasteiger partial charge is 0.295 e. The van der Waals surface area contributed by atoms with Gasteiger partial charge in [0.1, 0.15) is 0 Å². The van der Waals surface area contributed by atoms with Crippen LogP contribution >= 0.6 is 23.2 Å². The molecule has 3 aromatic carbocycles. The van der Waals surface area contributed by atoms with E-state index in [9.17, 15) is 4.79 Å². The fraction of sp³-hybridized carbons (Fsp3) is 0.125. The first-order valence-electron chi connectivity index (χ1n) is 9.71. The monoisotopic (exact) mass is 450 g/mol. The highest BCUT2D eigenvalue weighted by atomic mass is 35.5. The molecule has 4 aromatic rings. The van der Waals surface area contributed by atoms with Gasteiger partial charge in [0.2, 0.25) is 5.82 Å². The average Bonchev–Trinajstić information content (AvgIpc) is 3.18. The molecule has 0 aliphatic rings. The van der Waals surface area contributed by atoms with Crippen LogP contribution < -0.4 is 5.32 Å². The number of nitrogens with one attached hydrogen (secondary N) is 1. The molecule has 0 unspecified atom stereocenters. The highest BCUT2D eigenvalue weighted by Gasteiger charge is 2.21. The number of carbonyl (C=O) groups excluding carboxylic acids is 1. The van der Waals surface area contributed by atoms with E-state index in [1.54, 1.807) is 10.7 Å². The number of halogens is 2. The number of nitrogens with zero attached hydrogens (tertiary/aromatic N) is 3. The summed E-state index contributed by atoms with van der Waals surface area (Å²) in [6, 6.07) is 18.9. The van der Waals surface area contributed by atoms with Crippen LogP contribution in [0, 0.1) is 20.8 Å². The van der Waals surface area contributed by atoms with E-state index in [0.717, 1.165) is 27.9 Å². The lowest BCUT2D eigenvalue weighted by Gasteiger charge is -2.10. The number of anilines is 1. The standard InChI is InChI=1S/C24H20Cl2N4O/c1-14-7-4-9-17(13-14)23-28-22(24(31)27-21-15(2)8-5-11-19(21)26)29-30(23)20-12-6-10-18(25)16(20)3/h4-13H,1-3H3,(H,27,31). The van der Waals surface area contributed by atoms with Crippen LogP contribution in [-0.4, -0.2) is 20.7 Å². The van der Waals surface area contributed by atoms with Crippen molar-refractivity contribution in [2.75, 3.05) is 5.32 Å². The maximum atomic E-state index is 13.0. The predicted octanol–water partition coefficient (Wildman–Crippen LogP) is 6.42. The van der Waals surface area contributed by atoms with E-state index in [1.807, 2.05) is 75.4 Å². The summed E-state index contributed by atoms with van der Waals surface area (Å²) in [5, 5.41) is 8.44. The van der Waals surface area contributed by atoms with E-state index < -0.39 is 5.91 Å². The van der Waals surface area contributed by atoms with Crippen LogP contribution in [0.15, 0.2) is 60.7 Å². The zero-order valence-electron chi connectivity index (χ0n) is 17.3. The topological polar surface area (TPSA) is 59.8 Å². The van der Waals surface area contributed by atoms with Crippen molar-refractivity contribution in [3.8, 4) is 17.1 Å². The molecular formula is C24H20Cl2N4O. The Labute approximate surface area is 190 Å². The Morgan fingerprint density at radius 3 is 2.39 bits per heavy atom. The van der Waals surface area contributed by atoms with Crippen molar-refractivity contribution in [2.24, 2.45) is 0 Å². The lowest BCUT2D eigenvalue weighted by molar-refractivity contribution is 0.101. The fourth-order valence-corrected chi connectivity index (χ4v) is 3.77. The van der Waals surface area contributed by atoms with E-state index in [1.165, 1.54) is 0 Å². The molecule has 156 valence electrons. The molecule has 0 fully saturated rings. The molecule has 1 aromatic heterocycles. The molecular weight excluding hydrogens is 431 g/mol. The maximum absolute atomic E-state index is 13.0. The lowest BCUT2D eigenvalue weighted by atomic mass is 10.1. The van der Waals surface area contributed by atoms with Gasteiger partial charge in [-0.3, -0.25) is 4.79 Å². The zero-order valence-corrected chi connectivity index (χ0v) is 18.8. The molecule has 0 saturated heterocycles. The van der Waals surface area contributed by atoms with Gasteiger partial charge in [-0.2, -0.15) is 0 Å². The quantitative estimate of drug-likeness (QED) is 0.390. The van der Waals surface area contributed by atoms with Crippen LogP contribution in [-0.2, 0) is 0 Å². The summed E-state index contributed by atoms with van der Waals surface area (Å²) in [5.74, 6) is 0.147. The number of benzene rings is 3. The molecule has 0 bridgehead atoms. The lowest BCUT2D eigenvalue weighted by Crippen LogP contribution is -2.15. The molecule has 0 saturated carbocycles. The summed E-state index contributed by atoms with van der Waals surface area (Å²) < 4.78 is 1.66. The van der Waals surface area contributed by atoms with Crippen molar-refractivity contribution in [1.29, 1.82) is 0 Å². The summed E-state index contributed by atoms with van der Waals surface area (Å²) in [6.07, 6.45) is 0. The highest BCUT2D eigenvalue weighted by molar-refractivity contribution is 6.34. The average molecular weight is 451 g/mol. The molecule has 0 aliphatic heterocycles. The van der Waals surface area contributed by atoms with Crippen molar-refractivity contribution in [3.05, 3.63) is 93.2 Å². The molecule has 0 radical (unpaired) electrons. The second-order valence-electron chi connectivity index (χ2n) is 7.31. The van der Waals surface area contributed by atoms with Crippen LogP contribution in [0.2, 0.25) is 10.0 Å². The molecule has 1 N–H and O–H groups in total. The van der Waals surface area contributed by atoms with Gasteiger partial charge in [-0.15, -0.1) is 5.10 Å². The molecule has 0 aliphatic carbocycles. The highest BCUT2D eigenvalue weighted by Crippen LogP contribution is 2.29. The van der Waals surface area contributed by atoms with Gasteiger partial charge in [0.25, 0.3) is 5.91 Å². The normalized spacial score (nSPS) is 10.9. The Morgan fingerprint density at radius 2 is 1.65 bits per heavy atom. The molecule has 0 atom stereocenters. The third-order valence-corrected chi connectivity index (χ3v) is 5.74. The number of hydrogen-bond acceptors (Lipinski definition) is 3. The van der Waals surface area contributed by atoms with Gasteiger partial charge in [-0.25, -0.2) is 9.67 Å². The fourth-order valence-electron chi connectivity index (χ4n) is 3.33. The van der Waals surface area contributed by atoms with Gasteiger partial charge < -0.3 is 5.32 Å². The third-order valence-electron chi connectivity index (χ3n) is 5.01. The predicted molar refractivity (Wildman–Crippen MR) is 125 cm³/mol. The van der Waals surface area contributed by atoms with Crippen molar-refractivity contribution in [1.82, 2.24) is 14.8 Å². The number of aryl methyl sites for hydroxylation is 2. The molecule has 31 heavy (non-hydrogen) atoms. The summed E-state index contributed by atoms with van der Waals surface area (Å²) in [5.41, 5.74) is 4.92. The first-order chi connectivity index (χ1) is 14.8. The van der Waals surface area contributed by atoms with Crippen molar-refractivity contribution in [3.63, 3.8) is 0 Å². The van der Waals surface area contributed by atoms with Crippen LogP contribution in [0.5, 0.6) is 0 Å². The Balaban J connectivity index is 1.83. The van der Waals surface area contributed by atoms with Crippen LogP contribution in [0.3, 0.4) is 0 Å². The largest absolute Gasteiger partial charge is 0.318 e. The Hall–Kier alpha value is -3.15. The second kappa shape index (κ2) is 8.53. The second-order valence-corrected chi connectivity index (χ2v) is 8.12. The SMILES string of the molecule is Cc1cccc(-c2nc(C(=O)Nc3c(C)cccc3Cl)nn2-c2cccc(Cl)c2C)c1. The Morgan fingerprint density at radius 1 is 0.935 bits per heavy atom. The van der Waals surface area contributed by atoms with E-state index in [4.69, 9.17) is 23.2 Å². The van der Waals surface area contributed by atoms with Crippen molar-refractivity contribution < 1.29 is 4.79 Å². The molecule has 4 rings (SSSR count). The first-order valence-corrected chi connectivity index (χ1v) is 10.5. The number of aromatic nitrogens is 3. The number of carbonyl (C=O) groups is 1. The third kappa shape index (κ3) is 4.20. The minimum Gasteiger partial charge on any atom is -0.318 e. The number of hydrogen-bond donors (Lipinski definition) is 1. The van der Waals surface area contributed by atoms with Gasteiger partial charge in [0, 0.05) is 10.6 Å². The van der Waals surface area contributed by atoms with E-state index >= 15 is 0 Å². The van der Waals surface area contributed by atoms with Crippen LogP contribution in [0.1, 0.15) is 27.3 Å². The number of rotatable bonds is 4. The van der Waals surface area contributed by atoms with Crippen molar-refractivity contribution in [2.45, 2.75) is 20.8 Å². The molecule has 1 amide bonds. The molecule has 1 heterocycles. The Bertz CT molecular complexity index is 1280. The number of para-hydroxylation sites is 1. The van der Waals surface area contributed by atoms with Gasteiger partial charge >= 0.3 is 0 Å². The summed E-state index contributed by atoms with van der Waals surface area (Å²) >= 11 is 12.6. The molecule has 7 heteroatoms. The van der Waals surface area contributed by atoms with Crippen LogP contribution in [0.25, 0.3) is 17.1 Å². The Kier molecular flexibility index (Phi) is 5.81. The summed E-state index contributed by atoms with van der Waals surface area (Å²) in [7, 11) is 0. The van der Waals surface area contributed by atoms with Gasteiger partial charge in [-0.1, -0.05) is 65.2 Å². The maximum Gasteiger partial charge on any atom is 0.295 e. The van der Waals surface area contributed by atoms with Gasteiger partial charge in [0.15, 0.2) is 5.82 Å². The van der Waals surface area contributed by atoms with Gasteiger partial charge in [-0.05, 0) is 56.2 Å². The van der Waals surface area contributed by atoms with E-state index in [2.05, 4.69) is 15.4 Å². The minimum absolute atomic E-state index is 0.0372. The van der Waals surface area contributed by atoms with Crippen molar-refractivity contribution >= 4 is 34.8 Å². The number of amides is 1. The van der Waals surface area contributed by atoms with Gasteiger partial charge in [0.05, 0.1) is 16.4 Å². The summed E-state index contributed by atoms with van der Waals surface area (Å²) in [6.45, 7) is 5.79. The minimum atomic E-state index is -0.441. The summed E-state index contributed by atoms with van der Waals surface area (Å²) in [4.78, 5) is 17.6. The van der Waals surface area contributed by atoms with Crippen LogP contribution in [0.4, 0.5) is 5.69 Å².